The highest BCUT2D eigenvalue weighted by Gasteiger charge is 2.16. The fourth-order valence-electron chi connectivity index (χ4n) is 3.66. The molecule has 0 radical (unpaired) electrons. The Bertz CT molecular complexity index is 1250. The minimum absolute atomic E-state index is 0.0423. The molecular formula is C24H25ClN6O. The maximum absolute atomic E-state index is 12.7. The number of hydrogen-bond donors (Lipinski definition) is 1. The Labute approximate surface area is 192 Å². The van der Waals surface area contributed by atoms with Crippen LogP contribution >= 0.6 is 11.6 Å². The SMILES string of the molecule is Cc1ccc(-n2nc(C)c(CC(=O)NCc3cccc(Cn4cncn4)c3)c2C)cc1Cl. The molecule has 0 bridgehead atoms. The molecule has 0 atom stereocenters. The highest BCUT2D eigenvalue weighted by atomic mass is 35.5. The molecule has 1 amide bonds. The van der Waals surface area contributed by atoms with Crippen molar-refractivity contribution in [2.45, 2.75) is 40.3 Å². The van der Waals surface area contributed by atoms with E-state index in [4.69, 9.17) is 11.6 Å². The molecule has 0 aliphatic carbocycles. The Hall–Kier alpha value is -3.45. The van der Waals surface area contributed by atoms with Gasteiger partial charge in [-0.15, -0.1) is 0 Å². The predicted molar refractivity (Wildman–Crippen MR) is 124 cm³/mol. The number of carbonyl (C=O) groups excluding carboxylic acids is 1. The molecule has 1 N–H and O–H groups in total. The highest BCUT2D eigenvalue weighted by Crippen LogP contribution is 2.23. The normalized spacial score (nSPS) is 11.0. The predicted octanol–water partition coefficient (Wildman–Crippen LogP) is 3.95. The topological polar surface area (TPSA) is 77.6 Å². The number of halogens is 1. The summed E-state index contributed by atoms with van der Waals surface area (Å²) in [5, 5.41) is 12.5. The second-order valence-electron chi connectivity index (χ2n) is 7.86. The summed E-state index contributed by atoms with van der Waals surface area (Å²) in [6, 6.07) is 13.9. The molecule has 164 valence electrons. The molecule has 32 heavy (non-hydrogen) atoms. The third-order valence-corrected chi connectivity index (χ3v) is 5.88. The van der Waals surface area contributed by atoms with Gasteiger partial charge in [-0.25, -0.2) is 14.3 Å². The minimum atomic E-state index is -0.0423. The summed E-state index contributed by atoms with van der Waals surface area (Å²) >= 11 is 6.28. The molecule has 2 aromatic heterocycles. The minimum Gasteiger partial charge on any atom is -0.352 e. The van der Waals surface area contributed by atoms with Gasteiger partial charge in [0.1, 0.15) is 12.7 Å². The number of aryl methyl sites for hydroxylation is 2. The smallest absolute Gasteiger partial charge is 0.224 e. The zero-order valence-electron chi connectivity index (χ0n) is 18.3. The number of nitrogens with one attached hydrogen (secondary N) is 1. The van der Waals surface area contributed by atoms with Gasteiger partial charge in [0.05, 0.1) is 24.3 Å². The maximum Gasteiger partial charge on any atom is 0.224 e. The Morgan fingerprint density at radius 3 is 2.66 bits per heavy atom. The summed E-state index contributed by atoms with van der Waals surface area (Å²) < 4.78 is 3.61. The molecule has 0 fully saturated rings. The van der Waals surface area contributed by atoms with Crippen molar-refractivity contribution in [2.24, 2.45) is 0 Å². The lowest BCUT2D eigenvalue weighted by Crippen LogP contribution is -2.25. The van der Waals surface area contributed by atoms with Crippen LogP contribution in [-0.4, -0.2) is 30.5 Å². The van der Waals surface area contributed by atoms with Gasteiger partial charge >= 0.3 is 0 Å². The molecule has 2 heterocycles. The lowest BCUT2D eigenvalue weighted by Gasteiger charge is -2.09. The first kappa shape index (κ1) is 21.8. The molecule has 0 saturated carbocycles. The van der Waals surface area contributed by atoms with Gasteiger partial charge in [0.25, 0.3) is 0 Å². The van der Waals surface area contributed by atoms with E-state index < -0.39 is 0 Å². The third-order valence-electron chi connectivity index (χ3n) is 5.47. The van der Waals surface area contributed by atoms with Crippen LogP contribution in [0, 0.1) is 20.8 Å². The largest absolute Gasteiger partial charge is 0.352 e. The van der Waals surface area contributed by atoms with Crippen LogP contribution in [0.2, 0.25) is 5.02 Å². The van der Waals surface area contributed by atoms with Crippen LogP contribution in [-0.2, 0) is 24.3 Å². The molecular weight excluding hydrogens is 424 g/mol. The quantitative estimate of drug-likeness (QED) is 0.464. The van der Waals surface area contributed by atoms with Crippen LogP contribution in [0.25, 0.3) is 5.69 Å². The monoisotopic (exact) mass is 448 g/mol. The average Bonchev–Trinajstić information content (AvgIpc) is 3.38. The van der Waals surface area contributed by atoms with Crippen molar-refractivity contribution < 1.29 is 4.79 Å². The Balaban J connectivity index is 1.41. The van der Waals surface area contributed by atoms with Gasteiger partial charge in [-0.2, -0.15) is 10.2 Å². The van der Waals surface area contributed by atoms with E-state index in [-0.39, 0.29) is 12.3 Å². The van der Waals surface area contributed by atoms with E-state index in [0.29, 0.717) is 18.1 Å². The number of hydrogen-bond acceptors (Lipinski definition) is 4. The van der Waals surface area contributed by atoms with Crippen molar-refractivity contribution in [1.29, 1.82) is 0 Å². The van der Waals surface area contributed by atoms with Gasteiger partial charge in [0.15, 0.2) is 0 Å². The number of carbonyl (C=O) groups is 1. The second kappa shape index (κ2) is 9.36. The van der Waals surface area contributed by atoms with Crippen molar-refractivity contribution in [3.63, 3.8) is 0 Å². The summed E-state index contributed by atoms with van der Waals surface area (Å²) in [5.74, 6) is -0.0423. The maximum atomic E-state index is 12.7. The van der Waals surface area contributed by atoms with Crippen molar-refractivity contribution in [1.82, 2.24) is 29.9 Å². The second-order valence-corrected chi connectivity index (χ2v) is 8.27. The molecule has 4 rings (SSSR count). The van der Waals surface area contributed by atoms with Gasteiger partial charge in [-0.1, -0.05) is 41.9 Å². The lowest BCUT2D eigenvalue weighted by molar-refractivity contribution is -0.120. The van der Waals surface area contributed by atoms with Crippen molar-refractivity contribution in [3.8, 4) is 5.69 Å². The van der Waals surface area contributed by atoms with Crippen LogP contribution in [0.4, 0.5) is 0 Å². The van der Waals surface area contributed by atoms with E-state index in [0.717, 1.165) is 39.3 Å². The average molecular weight is 449 g/mol. The summed E-state index contributed by atoms with van der Waals surface area (Å²) in [4.78, 5) is 16.6. The van der Waals surface area contributed by atoms with Gasteiger partial charge in [-0.3, -0.25) is 4.79 Å². The van der Waals surface area contributed by atoms with Crippen molar-refractivity contribution in [3.05, 3.63) is 93.8 Å². The fourth-order valence-corrected chi connectivity index (χ4v) is 3.83. The number of nitrogens with zero attached hydrogens (tertiary/aromatic N) is 5. The van der Waals surface area contributed by atoms with Crippen LogP contribution in [0.3, 0.4) is 0 Å². The third kappa shape index (κ3) is 4.89. The molecule has 4 aromatic rings. The summed E-state index contributed by atoms with van der Waals surface area (Å²) in [6.45, 7) is 6.97. The van der Waals surface area contributed by atoms with Crippen LogP contribution < -0.4 is 5.32 Å². The summed E-state index contributed by atoms with van der Waals surface area (Å²) in [7, 11) is 0. The highest BCUT2D eigenvalue weighted by molar-refractivity contribution is 6.31. The van der Waals surface area contributed by atoms with Gasteiger partial charge in [0, 0.05) is 22.8 Å². The number of rotatable bonds is 7. The zero-order valence-corrected chi connectivity index (χ0v) is 19.1. The van der Waals surface area contributed by atoms with Crippen molar-refractivity contribution >= 4 is 17.5 Å². The van der Waals surface area contributed by atoms with Gasteiger partial charge in [0.2, 0.25) is 5.91 Å². The van der Waals surface area contributed by atoms with E-state index in [9.17, 15) is 4.79 Å². The van der Waals surface area contributed by atoms with E-state index in [2.05, 4.69) is 26.6 Å². The zero-order chi connectivity index (χ0) is 22.7. The molecule has 2 aromatic carbocycles. The van der Waals surface area contributed by atoms with E-state index >= 15 is 0 Å². The fraction of sp³-hybridized carbons (Fsp3) is 0.250. The molecule has 0 spiro atoms. The first-order valence-corrected chi connectivity index (χ1v) is 10.8. The van der Waals surface area contributed by atoms with E-state index in [1.807, 2.05) is 61.9 Å². The molecule has 7 nitrogen and oxygen atoms in total. The molecule has 0 saturated heterocycles. The Morgan fingerprint density at radius 1 is 1.09 bits per heavy atom. The number of amides is 1. The lowest BCUT2D eigenvalue weighted by atomic mass is 10.1. The summed E-state index contributed by atoms with van der Waals surface area (Å²) in [5.41, 5.74) is 6.75. The van der Waals surface area contributed by atoms with Gasteiger partial charge in [-0.05, 0) is 49.6 Å². The first-order valence-electron chi connectivity index (χ1n) is 10.4. The van der Waals surface area contributed by atoms with Gasteiger partial charge < -0.3 is 5.32 Å². The molecule has 0 aliphatic rings. The first-order chi connectivity index (χ1) is 15.4. The van der Waals surface area contributed by atoms with Crippen LogP contribution in [0.5, 0.6) is 0 Å². The standard InChI is InChI=1S/C24H25ClN6O/c1-16-7-8-21(10-23(16)25)31-18(3)22(17(2)29-31)11-24(32)27-12-19-5-4-6-20(9-19)13-30-15-26-14-28-30/h4-10,14-15H,11-13H2,1-3H3,(H,27,32). The van der Waals surface area contributed by atoms with Crippen molar-refractivity contribution in [2.75, 3.05) is 0 Å². The molecule has 8 heteroatoms. The number of aromatic nitrogens is 5. The number of benzene rings is 2. The molecule has 0 aliphatic heterocycles. The van der Waals surface area contributed by atoms with E-state index in [1.165, 1.54) is 6.33 Å². The van der Waals surface area contributed by atoms with Crippen LogP contribution in [0.1, 0.15) is 33.6 Å². The summed E-state index contributed by atoms with van der Waals surface area (Å²) in [6.07, 6.45) is 3.48. The Morgan fingerprint density at radius 2 is 1.91 bits per heavy atom. The van der Waals surface area contributed by atoms with Crippen LogP contribution in [0.15, 0.2) is 55.1 Å². The Kier molecular flexibility index (Phi) is 6.37. The molecule has 0 unspecified atom stereocenters. The van der Waals surface area contributed by atoms with E-state index in [1.54, 1.807) is 11.0 Å².